The van der Waals surface area contributed by atoms with Gasteiger partial charge in [0.2, 0.25) is 0 Å². The molecule has 4 rings (SSSR count). The summed E-state index contributed by atoms with van der Waals surface area (Å²) >= 11 is 0. The summed E-state index contributed by atoms with van der Waals surface area (Å²) < 4.78 is 7.75. The van der Waals surface area contributed by atoms with Gasteiger partial charge in [-0.1, -0.05) is 0 Å². The van der Waals surface area contributed by atoms with Gasteiger partial charge in [-0.05, 0) is 30.3 Å². The predicted molar refractivity (Wildman–Crippen MR) is 95.9 cm³/mol. The number of benzene rings is 1. The largest absolute Gasteiger partial charge is 0.493 e. The molecule has 0 saturated carbocycles. The van der Waals surface area contributed by atoms with Crippen molar-refractivity contribution >= 4 is 22.4 Å². The Morgan fingerprint density at radius 2 is 2.12 bits per heavy atom. The standard InChI is InChI=1S/C18H21N5O/c1-22-9-8-19-18-17(22)5-3-14(21-18)7-10-24-15-4-6-16-13(11-15)12-20-23(16)2/h3-6,11-12H,7-10H2,1-2H3,(H,19,21). The van der Waals surface area contributed by atoms with E-state index in [0.29, 0.717) is 6.61 Å². The molecule has 3 heterocycles. The molecule has 0 amide bonds. The van der Waals surface area contributed by atoms with Crippen molar-refractivity contribution in [1.82, 2.24) is 14.8 Å². The van der Waals surface area contributed by atoms with E-state index in [2.05, 4.69) is 34.5 Å². The number of hydrogen-bond acceptors (Lipinski definition) is 5. The van der Waals surface area contributed by atoms with Crippen LogP contribution in [0.3, 0.4) is 0 Å². The molecule has 24 heavy (non-hydrogen) atoms. The van der Waals surface area contributed by atoms with Gasteiger partial charge in [-0.3, -0.25) is 4.68 Å². The third kappa shape index (κ3) is 2.75. The van der Waals surface area contributed by atoms with Crippen LogP contribution in [0, 0.1) is 0 Å². The van der Waals surface area contributed by atoms with Gasteiger partial charge in [-0.15, -0.1) is 0 Å². The van der Waals surface area contributed by atoms with E-state index in [1.165, 1.54) is 0 Å². The van der Waals surface area contributed by atoms with E-state index in [9.17, 15) is 0 Å². The maximum atomic E-state index is 5.88. The van der Waals surface area contributed by atoms with Crippen molar-refractivity contribution in [1.29, 1.82) is 0 Å². The lowest BCUT2D eigenvalue weighted by Crippen LogP contribution is -2.31. The molecule has 6 nitrogen and oxygen atoms in total. The number of pyridine rings is 1. The predicted octanol–water partition coefficient (Wildman–Crippen LogP) is 2.45. The molecule has 1 aliphatic rings. The number of likely N-dealkylation sites (N-methyl/N-ethyl adjacent to an activating group) is 1. The van der Waals surface area contributed by atoms with Crippen LogP contribution in [0.2, 0.25) is 0 Å². The molecule has 2 aromatic heterocycles. The minimum Gasteiger partial charge on any atom is -0.493 e. The fourth-order valence-corrected chi connectivity index (χ4v) is 3.04. The quantitative estimate of drug-likeness (QED) is 0.799. The van der Waals surface area contributed by atoms with Crippen LogP contribution in [0.4, 0.5) is 11.5 Å². The van der Waals surface area contributed by atoms with Crippen LogP contribution in [-0.2, 0) is 13.5 Å². The van der Waals surface area contributed by atoms with Gasteiger partial charge in [0.1, 0.15) is 11.6 Å². The lowest BCUT2D eigenvalue weighted by Gasteiger charge is -2.27. The molecular weight excluding hydrogens is 302 g/mol. The molecule has 3 aromatic rings. The van der Waals surface area contributed by atoms with E-state index in [0.717, 1.165) is 53.4 Å². The van der Waals surface area contributed by atoms with Crippen molar-refractivity contribution in [3.05, 3.63) is 42.2 Å². The van der Waals surface area contributed by atoms with Gasteiger partial charge in [0.15, 0.2) is 0 Å². The fourth-order valence-electron chi connectivity index (χ4n) is 3.04. The Morgan fingerprint density at radius 3 is 3.04 bits per heavy atom. The Morgan fingerprint density at radius 1 is 1.21 bits per heavy atom. The van der Waals surface area contributed by atoms with Crippen molar-refractivity contribution < 1.29 is 4.74 Å². The summed E-state index contributed by atoms with van der Waals surface area (Å²) in [5.41, 5.74) is 3.31. The first-order valence-corrected chi connectivity index (χ1v) is 8.20. The molecule has 0 bridgehead atoms. The minimum atomic E-state index is 0.605. The topological polar surface area (TPSA) is 55.2 Å². The Balaban J connectivity index is 1.41. The Labute approximate surface area is 141 Å². The van der Waals surface area contributed by atoms with Crippen molar-refractivity contribution in [3.63, 3.8) is 0 Å². The van der Waals surface area contributed by atoms with Crippen molar-refractivity contribution in [2.45, 2.75) is 6.42 Å². The zero-order chi connectivity index (χ0) is 16.5. The average molecular weight is 323 g/mol. The van der Waals surface area contributed by atoms with Crippen LogP contribution in [0.5, 0.6) is 5.75 Å². The van der Waals surface area contributed by atoms with Crippen LogP contribution < -0.4 is 15.0 Å². The maximum Gasteiger partial charge on any atom is 0.149 e. The molecule has 0 radical (unpaired) electrons. The lowest BCUT2D eigenvalue weighted by atomic mass is 10.2. The van der Waals surface area contributed by atoms with Gasteiger partial charge >= 0.3 is 0 Å². The van der Waals surface area contributed by atoms with Gasteiger partial charge in [0, 0.05) is 44.7 Å². The number of rotatable bonds is 4. The zero-order valence-electron chi connectivity index (χ0n) is 14.0. The second-order valence-corrected chi connectivity index (χ2v) is 6.11. The molecule has 0 unspecified atom stereocenters. The summed E-state index contributed by atoms with van der Waals surface area (Å²) in [4.78, 5) is 6.93. The lowest BCUT2D eigenvalue weighted by molar-refractivity contribution is 0.321. The summed E-state index contributed by atoms with van der Waals surface area (Å²) in [5, 5.41) is 8.70. The molecule has 124 valence electrons. The first-order valence-electron chi connectivity index (χ1n) is 8.20. The summed E-state index contributed by atoms with van der Waals surface area (Å²) in [6.07, 6.45) is 2.64. The van der Waals surface area contributed by atoms with E-state index >= 15 is 0 Å². The number of aromatic nitrogens is 3. The van der Waals surface area contributed by atoms with E-state index in [1.807, 2.05) is 36.1 Å². The SMILES string of the molecule is CN1CCNc2nc(CCOc3ccc4c(cnn4C)c3)ccc21. The molecule has 1 N–H and O–H groups in total. The first kappa shape index (κ1) is 14.8. The smallest absolute Gasteiger partial charge is 0.149 e. The van der Waals surface area contributed by atoms with Crippen LogP contribution >= 0.6 is 0 Å². The van der Waals surface area contributed by atoms with Gasteiger partial charge < -0.3 is 15.0 Å². The third-order valence-electron chi connectivity index (χ3n) is 4.43. The molecule has 0 fully saturated rings. The van der Waals surface area contributed by atoms with Gasteiger partial charge in [0.25, 0.3) is 0 Å². The Hall–Kier alpha value is -2.76. The number of aryl methyl sites for hydroxylation is 1. The molecule has 0 atom stereocenters. The van der Waals surface area contributed by atoms with Crippen LogP contribution in [0.15, 0.2) is 36.5 Å². The van der Waals surface area contributed by atoms with E-state index in [4.69, 9.17) is 9.72 Å². The average Bonchev–Trinajstić information content (AvgIpc) is 2.96. The zero-order valence-corrected chi connectivity index (χ0v) is 14.0. The number of nitrogens with zero attached hydrogens (tertiary/aromatic N) is 4. The molecular formula is C18H21N5O. The number of fused-ring (bicyclic) bond motifs is 2. The van der Waals surface area contributed by atoms with Crippen molar-refractivity contribution in [3.8, 4) is 5.75 Å². The first-order chi connectivity index (χ1) is 11.7. The van der Waals surface area contributed by atoms with Crippen LogP contribution in [0.25, 0.3) is 10.9 Å². The molecule has 0 aliphatic carbocycles. The summed E-state index contributed by atoms with van der Waals surface area (Å²) in [7, 11) is 4.04. The number of nitrogens with one attached hydrogen (secondary N) is 1. The second-order valence-electron chi connectivity index (χ2n) is 6.11. The van der Waals surface area contributed by atoms with Gasteiger partial charge in [0.05, 0.1) is 24.0 Å². The van der Waals surface area contributed by atoms with Gasteiger partial charge in [-0.25, -0.2) is 4.98 Å². The van der Waals surface area contributed by atoms with E-state index in [-0.39, 0.29) is 0 Å². The second kappa shape index (κ2) is 6.03. The number of hydrogen-bond donors (Lipinski definition) is 1. The normalized spacial score (nSPS) is 13.7. The highest BCUT2D eigenvalue weighted by Crippen LogP contribution is 2.26. The summed E-state index contributed by atoms with van der Waals surface area (Å²) in [6.45, 7) is 2.54. The molecule has 1 aliphatic heterocycles. The molecule has 6 heteroatoms. The van der Waals surface area contributed by atoms with Crippen molar-refractivity contribution in [2.75, 3.05) is 37.0 Å². The number of ether oxygens (including phenoxy) is 1. The molecule has 0 spiro atoms. The fraction of sp³-hybridized carbons (Fsp3) is 0.333. The number of anilines is 2. The van der Waals surface area contributed by atoms with Crippen molar-refractivity contribution in [2.24, 2.45) is 7.05 Å². The highest BCUT2D eigenvalue weighted by molar-refractivity contribution is 5.80. The Kier molecular flexibility index (Phi) is 3.72. The van der Waals surface area contributed by atoms with E-state index in [1.54, 1.807) is 0 Å². The van der Waals surface area contributed by atoms with E-state index < -0.39 is 0 Å². The minimum absolute atomic E-state index is 0.605. The summed E-state index contributed by atoms with van der Waals surface area (Å²) in [6, 6.07) is 10.3. The van der Waals surface area contributed by atoms with Gasteiger partial charge in [-0.2, -0.15) is 5.10 Å². The molecule has 0 saturated heterocycles. The highest BCUT2D eigenvalue weighted by Gasteiger charge is 2.14. The van der Waals surface area contributed by atoms with Crippen LogP contribution in [-0.4, -0.2) is 41.5 Å². The highest BCUT2D eigenvalue weighted by atomic mass is 16.5. The monoisotopic (exact) mass is 323 g/mol. The molecule has 1 aromatic carbocycles. The third-order valence-corrected chi connectivity index (χ3v) is 4.43. The maximum absolute atomic E-state index is 5.88. The van der Waals surface area contributed by atoms with Crippen LogP contribution in [0.1, 0.15) is 5.69 Å². The summed E-state index contributed by atoms with van der Waals surface area (Å²) in [5.74, 6) is 1.84. The Bertz CT molecular complexity index is 873.